The molecule has 1 atom stereocenters. The zero-order valence-electron chi connectivity index (χ0n) is 14.2. The molecule has 26 heavy (non-hydrogen) atoms. The Morgan fingerprint density at radius 1 is 1.15 bits per heavy atom. The summed E-state index contributed by atoms with van der Waals surface area (Å²) in [5.74, 6) is 0.452. The molecule has 2 heterocycles. The number of anilines is 1. The SMILES string of the molecule is CC(C(=O)Nc1ccc2c(c1)COc1cnccc1-2)c1ccc(Cl)cc1. The Bertz CT molecular complexity index is 970. The van der Waals surface area contributed by atoms with Gasteiger partial charge in [-0.05, 0) is 53.9 Å². The standard InChI is InChI=1S/C21H17ClN2O2/c1-13(14-2-4-16(22)5-3-14)21(25)24-17-6-7-18-15(10-17)12-26-20-11-23-9-8-19(18)20/h2-11,13H,12H2,1H3,(H,24,25). The number of carbonyl (C=O) groups excluding carboxylic acids is 1. The maximum absolute atomic E-state index is 12.6. The monoisotopic (exact) mass is 364 g/mol. The summed E-state index contributed by atoms with van der Waals surface area (Å²) in [4.78, 5) is 16.7. The predicted octanol–water partition coefficient (Wildman–Crippen LogP) is 5.04. The number of aromatic nitrogens is 1. The van der Waals surface area contributed by atoms with Crippen molar-refractivity contribution in [1.29, 1.82) is 0 Å². The second-order valence-electron chi connectivity index (χ2n) is 6.29. The van der Waals surface area contributed by atoms with Gasteiger partial charge in [-0.2, -0.15) is 0 Å². The van der Waals surface area contributed by atoms with E-state index in [2.05, 4.69) is 10.3 Å². The summed E-state index contributed by atoms with van der Waals surface area (Å²) in [5.41, 5.74) is 4.86. The van der Waals surface area contributed by atoms with Crippen molar-refractivity contribution in [3.8, 4) is 16.9 Å². The van der Waals surface area contributed by atoms with Gasteiger partial charge < -0.3 is 10.1 Å². The molecule has 5 heteroatoms. The maximum Gasteiger partial charge on any atom is 0.231 e. The average Bonchev–Trinajstić information content (AvgIpc) is 2.67. The number of ether oxygens (including phenoxy) is 1. The Labute approximate surface area is 156 Å². The van der Waals surface area contributed by atoms with Crippen LogP contribution in [0, 0.1) is 0 Å². The minimum absolute atomic E-state index is 0.0615. The highest BCUT2D eigenvalue weighted by molar-refractivity contribution is 6.30. The van der Waals surface area contributed by atoms with Crippen LogP contribution in [0.1, 0.15) is 24.0 Å². The van der Waals surface area contributed by atoms with Crippen LogP contribution in [0.3, 0.4) is 0 Å². The van der Waals surface area contributed by atoms with Crippen LogP contribution in [0.2, 0.25) is 5.02 Å². The van der Waals surface area contributed by atoms with Gasteiger partial charge in [0.15, 0.2) is 0 Å². The number of rotatable bonds is 3. The molecule has 0 radical (unpaired) electrons. The molecule has 4 rings (SSSR count). The first-order valence-corrected chi connectivity index (χ1v) is 8.76. The number of halogens is 1. The third-order valence-corrected chi connectivity index (χ3v) is 4.85. The Morgan fingerprint density at radius 2 is 1.96 bits per heavy atom. The summed E-state index contributed by atoms with van der Waals surface area (Å²) < 4.78 is 5.75. The molecule has 1 N–H and O–H groups in total. The summed E-state index contributed by atoms with van der Waals surface area (Å²) in [6, 6.07) is 15.2. The van der Waals surface area contributed by atoms with Gasteiger partial charge in [0, 0.05) is 22.5 Å². The molecule has 0 aliphatic carbocycles. The first-order chi connectivity index (χ1) is 12.6. The smallest absolute Gasteiger partial charge is 0.231 e. The fraction of sp³-hybridized carbons (Fsp3) is 0.143. The largest absolute Gasteiger partial charge is 0.487 e. The molecule has 1 aliphatic heterocycles. The number of pyridine rings is 1. The Balaban J connectivity index is 1.55. The second kappa shape index (κ2) is 6.81. The van der Waals surface area contributed by atoms with E-state index in [0.29, 0.717) is 11.6 Å². The molecular formula is C21H17ClN2O2. The van der Waals surface area contributed by atoms with Crippen molar-refractivity contribution in [2.75, 3.05) is 5.32 Å². The minimum Gasteiger partial charge on any atom is -0.487 e. The number of benzene rings is 2. The van der Waals surface area contributed by atoms with Crippen molar-refractivity contribution in [2.45, 2.75) is 19.4 Å². The highest BCUT2D eigenvalue weighted by atomic mass is 35.5. The van der Waals surface area contributed by atoms with Gasteiger partial charge in [-0.3, -0.25) is 9.78 Å². The molecule has 0 fully saturated rings. The van der Waals surface area contributed by atoms with E-state index in [1.54, 1.807) is 24.5 Å². The Morgan fingerprint density at radius 3 is 2.77 bits per heavy atom. The molecule has 1 unspecified atom stereocenters. The van der Waals surface area contributed by atoms with Gasteiger partial charge >= 0.3 is 0 Å². The van der Waals surface area contributed by atoms with E-state index in [1.165, 1.54) is 0 Å². The second-order valence-corrected chi connectivity index (χ2v) is 6.73. The van der Waals surface area contributed by atoms with Gasteiger partial charge in [0.1, 0.15) is 12.4 Å². The first-order valence-electron chi connectivity index (χ1n) is 8.38. The zero-order valence-corrected chi connectivity index (χ0v) is 15.0. The van der Waals surface area contributed by atoms with Crippen molar-refractivity contribution >= 4 is 23.2 Å². The molecule has 3 aromatic rings. The van der Waals surface area contributed by atoms with Crippen LogP contribution in [0.15, 0.2) is 60.9 Å². The lowest BCUT2D eigenvalue weighted by atomic mass is 9.97. The molecule has 2 aromatic carbocycles. The van der Waals surface area contributed by atoms with Crippen LogP contribution in [-0.2, 0) is 11.4 Å². The van der Waals surface area contributed by atoms with Crippen LogP contribution in [0.4, 0.5) is 5.69 Å². The van der Waals surface area contributed by atoms with Crippen molar-refractivity contribution in [1.82, 2.24) is 4.98 Å². The number of carbonyl (C=O) groups is 1. The van der Waals surface area contributed by atoms with Crippen molar-refractivity contribution in [2.24, 2.45) is 0 Å². The Hall–Kier alpha value is -2.85. The summed E-state index contributed by atoms with van der Waals surface area (Å²) in [7, 11) is 0. The van der Waals surface area contributed by atoms with E-state index < -0.39 is 0 Å². The third kappa shape index (κ3) is 3.16. The normalized spacial score (nSPS) is 13.2. The lowest BCUT2D eigenvalue weighted by Crippen LogP contribution is -2.19. The van der Waals surface area contributed by atoms with Gasteiger partial charge in [-0.15, -0.1) is 0 Å². The molecule has 1 aliphatic rings. The van der Waals surface area contributed by atoms with Crippen molar-refractivity contribution < 1.29 is 9.53 Å². The molecule has 0 bridgehead atoms. The van der Waals surface area contributed by atoms with E-state index in [1.807, 2.05) is 43.3 Å². The molecule has 0 saturated carbocycles. The predicted molar refractivity (Wildman–Crippen MR) is 103 cm³/mol. The molecule has 0 saturated heterocycles. The fourth-order valence-electron chi connectivity index (χ4n) is 3.08. The number of hydrogen-bond donors (Lipinski definition) is 1. The summed E-state index contributed by atoms with van der Waals surface area (Å²) in [5, 5.41) is 3.65. The molecule has 1 aromatic heterocycles. The van der Waals surface area contributed by atoms with Crippen LogP contribution < -0.4 is 10.1 Å². The summed E-state index contributed by atoms with van der Waals surface area (Å²) in [6.07, 6.45) is 3.47. The van der Waals surface area contributed by atoms with E-state index >= 15 is 0 Å². The van der Waals surface area contributed by atoms with Gasteiger partial charge in [0.2, 0.25) is 5.91 Å². The topological polar surface area (TPSA) is 51.2 Å². The lowest BCUT2D eigenvalue weighted by molar-refractivity contribution is -0.117. The fourth-order valence-corrected chi connectivity index (χ4v) is 3.21. The third-order valence-electron chi connectivity index (χ3n) is 4.59. The molecule has 0 spiro atoms. The van der Waals surface area contributed by atoms with Crippen LogP contribution in [0.5, 0.6) is 5.75 Å². The quantitative estimate of drug-likeness (QED) is 0.708. The summed E-state index contributed by atoms with van der Waals surface area (Å²) >= 11 is 5.91. The Kier molecular flexibility index (Phi) is 4.35. The van der Waals surface area contributed by atoms with E-state index in [0.717, 1.165) is 33.7 Å². The molecular weight excluding hydrogens is 348 g/mol. The highest BCUT2D eigenvalue weighted by Crippen LogP contribution is 2.37. The van der Waals surface area contributed by atoms with Crippen LogP contribution >= 0.6 is 11.6 Å². The van der Waals surface area contributed by atoms with Crippen molar-refractivity contribution in [3.63, 3.8) is 0 Å². The zero-order chi connectivity index (χ0) is 18.1. The highest BCUT2D eigenvalue weighted by Gasteiger charge is 2.19. The maximum atomic E-state index is 12.6. The first kappa shape index (κ1) is 16.6. The van der Waals surface area contributed by atoms with E-state index in [9.17, 15) is 4.79 Å². The minimum atomic E-state index is -0.272. The van der Waals surface area contributed by atoms with Gasteiger partial charge in [0.05, 0.1) is 12.1 Å². The number of hydrogen-bond acceptors (Lipinski definition) is 3. The number of amides is 1. The summed E-state index contributed by atoms with van der Waals surface area (Å²) in [6.45, 7) is 2.34. The lowest BCUT2D eigenvalue weighted by Gasteiger charge is -2.21. The molecule has 1 amide bonds. The number of fused-ring (bicyclic) bond motifs is 3. The van der Waals surface area contributed by atoms with Crippen LogP contribution in [-0.4, -0.2) is 10.9 Å². The molecule has 130 valence electrons. The van der Waals surface area contributed by atoms with Crippen LogP contribution in [0.25, 0.3) is 11.1 Å². The van der Waals surface area contributed by atoms with Crippen molar-refractivity contribution in [3.05, 3.63) is 77.1 Å². The average molecular weight is 365 g/mol. The van der Waals surface area contributed by atoms with Gasteiger partial charge in [-0.1, -0.05) is 29.8 Å². The molecule has 4 nitrogen and oxygen atoms in total. The van der Waals surface area contributed by atoms with Gasteiger partial charge in [-0.25, -0.2) is 0 Å². The van der Waals surface area contributed by atoms with Gasteiger partial charge in [0.25, 0.3) is 0 Å². The number of nitrogens with zero attached hydrogens (tertiary/aromatic N) is 1. The van der Waals surface area contributed by atoms with E-state index in [4.69, 9.17) is 16.3 Å². The number of nitrogens with one attached hydrogen (secondary N) is 1. The van der Waals surface area contributed by atoms with E-state index in [-0.39, 0.29) is 11.8 Å².